The van der Waals surface area contributed by atoms with Crippen LogP contribution in [0.3, 0.4) is 0 Å². The number of para-hydroxylation sites is 1. The van der Waals surface area contributed by atoms with Crippen molar-refractivity contribution >= 4 is 28.7 Å². The summed E-state index contributed by atoms with van der Waals surface area (Å²) in [4.78, 5) is 23.3. The molecule has 1 aliphatic rings. The smallest absolute Gasteiger partial charge is 0.294 e. The van der Waals surface area contributed by atoms with Crippen LogP contribution in [0.4, 0.5) is 17.1 Å². The molecule has 0 unspecified atom stereocenters. The van der Waals surface area contributed by atoms with E-state index in [4.69, 9.17) is 0 Å². The second-order valence-electron chi connectivity index (χ2n) is 6.67. The Bertz CT molecular complexity index is 865. The molecule has 3 rings (SSSR count). The molecule has 2 aromatic carbocycles. The van der Waals surface area contributed by atoms with Crippen LogP contribution >= 0.6 is 0 Å². The Labute approximate surface area is 157 Å². The molecule has 0 aliphatic heterocycles. The number of benzene rings is 2. The first kappa shape index (κ1) is 18.6. The molecule has 1 atom stereocenters. The van der Waals surface area contributed by atoms with E-state index in [0.29, 0.717) is 11.6 Å². The Hall–Kier alpha value is -3.22. The highest BCUT2D eigenvalue weighted by Crippen LogP contribution is 2.27. The van der Waals surface area contributed by atoms with Crippen LogP contribution in [0.25, 0.3) is 0 Å². The van der Waals surface area contributed by atoms with Gasteiger partial charge in [-0.25, -0.2) is 0 Å². The number of rotatable bonds is 5. The lowest BCUT2D eigenvalue weighted by molar-refractivity contribution is -0.384. The zero-order chi connectivity index (χ0) is 19.2. The van der Waals surface area contributed by atoms with Crippen molar-refractivity contribution in [3.05, 3.63) is 64.2 Å². The molecule has 7 heteroatoms. The van der Waals surface area contributed by atoms with Crippen molar-refractivity contribution in [2.45, 2.75) is 32.6 Å². The molecule has 0 saturated heterocycles. The van der Waals surface area contributed by atoms with Gasteiger partial charge in [-0.2, -0.15) is 5.10 Å². The number of carbonyl (C=O) groups is 1. The first-order valence-corrected chi connectivity index (χ1v) is 9.02. The lowest BCUT2D eigenvalue weighted by Crippen LogP contribution is -2.17. The maximum atomic E-state index is 12.4. The molecular formula is C20H22N4O3. The third-order valence-corrected chi connectivity index (χ3v) is 4.70. The number of hydrogen-bond acceptors (Lipinski definition) is 5. The number of nitro benzene ring substituents is 1. The molecule has 0 spiro atoms. The summed E-state index contributed by atoms with van der Waals surface area (Å²) in [5.41, 5.74) is 4.80. The fourth-order valence-electron chi connectivity index (χ4n) is 3.11. The van der Waals surface area contributed by atoms with Gasteiger partial charge in [-0.15, -0.1) is 0 Å². The highest BCUT2D eigenvalue weighted by atomic mass is 16.6. The Morgan fingerprint density at radius 3 is 2.67 bits per heavy atom. The molecule has 0 heterocycles. The van der Waals surface area contributed by atoms with Gasteiger partial charge in [-0.3, -0.25) is 20.3 Å². The van der Waals surface area contributed by atoms with Gasteiger partial charge in [-0.05, 0) is 49.4 Å². The molecule has 0 radical (unpaired) electrons. The van der Waals surface area contributed by atoms with E-state index >= 15 is 0 Å². The first-order chi connectivity index (χ1) is 13.0. The fraction of sp³-hybridized carbons (Fsp3) is 0.300. The standard InChI is InChI=1S/C20H22N4O3/c1-14-7-5-6-10-17(14)22-23-18-12-11-15(13-19(18)24(26)27)20(25)21-16-8-3-2-4-9-16/h2-4,8-9,11-14,23H,5-7,10H2,1H3,(H,21,25)/b22-17-/t14-/m0/s1. The highest BCUT2D eigenvalue weighted by Gasteiger charge is 2.19. The van der Waals surface area contributed by atoms with E-state index in [9.17, 15) is 14.9 Å². The highest BCUT2D eigenvalue weighted by molar-refractivity contribution is 6.05. The summed E-state index contributed by atoms with van der Waals surface area (Å²) in [6.45, 7) is 2.12. The van der Waals surface area contributed by atoms with Crippen LogP contribution in [0.15, 0.2) is 53.6 Å². The van der Waals surface area contributed by atoms with E-state index in [2.05, 4.69) is 22.8 Å². The van der Waals surface area contributed by atoms with Crippen molar-refractivity contribution in [3.63, 3.8) is 0 Å². The van der Waals surface area contributed by atoms with Crippen molar-refractivity contribution < 1.29 is 9.72 Å². The Morgan fingerprint density at radius 2 is 1.96 bits per heavy atom. The number of amides is 1. The summed E-state index contributed by atoms with van der Waals surface area (Å²) in [6, 6.07) is 13.3. The molecule has 1 amide bonds. The lowest BCUT2D eigenvalue weighted by Gasteiger charge is -2.20. The number of nitrogens with one attached hydrogen (secondary N) is 2. The van der Waals surface area contributed by atoms with Crippen LogP contribution in [0.1, 0.15) is 43.0 Å². The van der Waals surface area contributed by atoms with Gasteiger partial charge in [-0.1, -0.05) is 31.5 Å². The molecule has 1 saturated carbocycles. The summed E-state index contributed by atoms with van der Waals surface area (Å²) >= 11 is 0. The normalized spacial score (nSPS) is 18.1. The van der Waals surface area contributed by atoms with E-state index in [1.807, 2.05) is 6.07 Å². The predicted octanol–water partition coefficient (Wildman–Crippen LogP) is 4.83. The molecule has 2 N–H and O–H groups in total. The largest absolute Gasteiger partial charge is 0.322 e. The topological polar surface area (TPSA) is 96.6 Å². The summed E-state index contributed by atoms with van der Waals surface area (Å²) in [5.74, 6) is -0.0238. The van der Waals surface area contributed by atoms with Crippen LogP contribution in [-0.4, -0.2) is 16.5 Å². The van der Waals surface area contributed by atoms with Crippen molar-refractivity contribution in [1.29, 1.82) is 0 Å². The van der Waals surface area contributed by atoms with Gasteiger partial charge in [0, 0.05) is 23.0 Å². The van der Waals surface area contributed by atoms with Gasteiger partial charge in [0.15, 0.2) is 0 Å². The van der Waals surface area contributed by atoms with Crippen LogP contribution in [-0.2, 0) is 0 Å². The minimum Gasteiger partial charge on any atom is -0.322 e. The second kappa shape index (κ2) is 8.44. The molecular weight excluding hydrogens is 344 g/mol. The number of nitro groups is 1. The van der Waals surface area contributed by atoms with Gasteiger partial charge in [0.1, 0.15) is 5.69 Å². The van der Waals surface area contributed by atoms with E-state index in [1.54, 1.807) is 30.3 Å². The van der Waals surface area contributed by atoms with Crippen LogP contribution in [0, 0.1) is 16.0 Å². The van der Waals surface area contributed by atoms with E-state index in [1.165, 1.54) is 18.6 Å². The molecule has 140 valence electrons. The zero-order valence-electron chi connectivity index (χ0n) is 15.1. The van der Waals surface area contributed by atoms with Crippen molar-refractivity contribution in [3.8, 4) is 0 Å². The van der Waals surface area contributed by atoms with Gasteiger partial charge >= 0.3 is 0 Å². The molecule has 1 aliphatic carbocycles. The number of hydrazone groups is 1. The van der Waals surface area contributed by atoms with Gasteiger partial charge < -0.3 is 5.32 Å². The van der Waals surface area contributed by atoms with Crippen LogP contribution in [0.2, 0.25) is 0 Å². The third kappa shape index (κ3) is 4.69. The SMILES string of the molecule is C[C@H]1CCCC/C1=N/Nc1ccc(C(=O)Nc2ccccc2)cc1[N+](=O)[O-]. The molecule has 27 heavy (non-hydrogen) atoms. The number of nitrogens with zero attached hydrogens (tertiary/aromatic N) is 2. The van der Waals surface area contributed by atoms with E-state index in [0.717, 1.165) is 25.0 Å². The molecule has 0 aromatic heterocycles. The van der Waals surface area contributed by atoms with Gasteiger partial charge in [0.25, 0.3) is 11.6 Å². The lowest BCUT2D eigenvalue weighted by atomic mass is 9.89. The van der Waals surface area contributed by atoms with Crippen molar-refractivity contribution in [2.75, 3.05) is 10.7 Å². The maximum absolute atomic E-state index is 12.4. The summed E-state index contributed by atoms with van der Waals surface area (Å²) in [5, 5.41) is 18.6. The quantitative estimate of drug-likeness (QED) is 0.585. The summed E-state index contributed by atoms with van der Waals surface area (Å²) in [6.07, 6.45) is 4.26. The van der Waals surface area contributed by atoms with Gasteiger partial charge in [0.05, 0.1) is 4.92 Å². The minimum atomic E-state index is -0.508. The summed E-state index contributed by atoms with van der Waals surface area (Å²) in [7, 11) is 0. The fourth-order valence-corrected chi connectivity index (χ4v) is 3.11. The van der Waals surface area contributed by atoms with Gasteiger partial charge in [0.2, 0.25) is 0 Å². The third-order valence-electron chi connectivity index (χ3n) is 4.70. The number of hydrogen-bond donors (Lipinski definition) is 2. The molecule has 2 aromatic rings. The van der Waals surface area contributed by atoms with Crippen molar-refractivity contribution in [1.82, 2.24) is 0 Å². The maximum Gasteiger partial charge on any atom is 0.294 e. The molecule has 1 fully saturated rings. The van der Waals surface area contributed by atoms with Crippen molar-refractivity contribution in [2.24, 2.45) is 11.0 Å². The first-order valence-electron chi connectivity index (χ1n) is 9.02. The van der Waals surface area contributed by atoms with E-state index < -0.39 is 10.8 Å². The Kier molecular flexibility index (Phi) is 5.80. The predicted molar refractivity (Wildman–Crippen MR) is 106 cm³/mol. The molecule has 0 bridgehead atoms. The average Bonchev–Trinajstić information content (AvgIpc) is 2.68. The zero-order valence-corrected chi connectivity index (χ0v) is 15.1. The van der Waals surface area contributed by atoms with E-state index in [-0.39, 0.29) is 16.9 Å². The monoisotopic (exact) mass is 366 g/mol. The Balaban J connectivity index is 1.79. The van der Waals surface area contributed by atoms with Crippen LogP contribution in [0.5, 0.6) is 0 Å². The second-order valence-corrected chi connectivity index (χ2v) is 6.67. The summed E-state index contributed by atoms with van der Waals surface area (Å²) < 4.78 is 0. The molecule has 7 nitrogen and oxygen atoms in total. The Morgan fingerprint density at radius 1 is 1.19 bits per heavy atom. The number of anilines is 2. The number of carbonyl (C=O) groups excluding carboxylic acids is 1. The minimum absolute atomic E-state index is 0.177. The average molecular weight is 366 g/mol. The van der Waals surface area contributed by atoms with Crippen LogP contribution < -0.4 is 10.7 Å².